The number of carboxylic acid groups (broad SMARTS) is 1. The van der Waals surface area contributed by atoms with Gasteiger partial charge in [0, 0.05) is 5.33 Å². The number of pyridine rings is 1. The molecule has 1 heterocycles. The molecule has 1 aromatic rings. The molecule has 0 unspecified atom stereocenters. The molecule has 0 aliphatic rings. The summed E-state index contributed by atoms with van der Waals surface area (Å²) in [6.45, 7) is 0. The lowest BCUT2D eigenvalue weighted by Crippen LogP contribution is -2.05. The van der Waals surface area contributed by atoms with Gasteiger partial charge in [0.05, 0.1) is 5.56 Å². The second-order valence-electron chi connectivity index (χ2n) is 2.61. The fourth-order valence-corrected chi connectivity index (χ4v) is 1.67. The quantitative estimate of drug-likeness (QED) is 0.688. The van der Waals surface area contributed by atoms with Crippen LogP contribution in [0.5, 0.6) is 0 Å². The van der Waals surface area contributed by atoms with E-state index in [4.69, 9.17) is 16.7 Å². The van der Waals surface area contributed by atoms with Crippen molar-refractivity contribution in [3.05, 3.63) is 28.0 Å². The van der Waals surface area contributed by atoms with Crippen LogP contribution in [0.1, 0.15) is 28.0 Å². The van der Waals surface area contributed by atoms with E-state index in [2.05, 4.69) is 20.9 Å². The Hall–Kier alpha value is -0.750. The van der Waals surface area contributed by atoms with Gasteiger partial charge in [-0.1, -0.05) is 27.5 Å². The van der Waals surface area contributed by atoms with E-state index in [1.807, 2.05) is 0 Å². The molecule has 0 fully saturated rings. The topological polar surface area (TPSA) is 50.2 Å². The van der Waals surface area contributed by atoms with Crippen LogP contribution < -0.4 is 0 Å². The van der Waals surface area contributed by atoms with Crippen LogP contribution in [-0.2, 0) is 5.33 Å². The van der Waals surface area contributed by atoms with Crippen LogP contribution in [0.25, 0.3) is 0 Å². The largest absolute Gasteiger partial charge is 0.478 e. The third kappa shape index (κ3) is 2.63. The molecule has 82 valence electrons. The summed E-state index contributed by atoms with van der Waals surface area (Å²) < 4.78 is 24.9. The van der Waals surface area contributed by atoms with Gasteiger partial charge in [0.15, 0.2) is 0 Å². The van der Waals surface area contributed by atoms with Gasteiger partial charge in [0.2, 0.25) is 0 Å². The first-order valence-electron chi connectivity index (χ1n) is 3.74. The van der Waals surface area contributed by atoms with Crippen LogP contribution in [-0.4, -0.2) is 16.1 Å². The van der Waals surface area contributed by atoms with E-state index in [1.54, 1.807) is 0 Å². The number of nitrogens with zero attached hydrogens (tertiary/aromatic N) is 1. The third-order valence-corrected chi connectivity index (χ3v) is 2.56. The van der Waals surface area contributed by atoms with Crippen LogP contribution in [0, 0.1) is 0 Å². The molecule has 0 saturated carbocycles. The number of aromatic carboxylic acids is 1. The molecule has 3 nitrogen and oxygen atoms in total. The number of alkyl halides is 3. The predicted octanol–water partition coefficient (Wildman–Crippen LogP) is 3.27. The SMILES string of the molecule is O=C(O)c1cc(CBr)c(C(F)F)nc1Cl. The average Bonchev–Trinajstić information content (AvgIpc) is 2.16. The summed E-state index contributed by atoms with van der Waals surface area (Å²) in [5, 5.41) is 8.35. The van der Waals surface area contributed by atoms with Crippen molar-refractivity contribution in [2.24, 2.45) is 0 Å². The molecular weight excluding hydrogens is 295 g/mol. The highest BCUT2D eigenvalue weighted by Crippen LogP contribution is 2.27. The van der Waals surface area contributed by atoms with E-state index in [1.165, 1.54) is 0 Å². The maximum absolute atomic E-state index is 12.4. The molecule has 0 aliphatic heterocycles. The molecule has 15 heavy (non-hydrogen) atoms. The lowest BCUT2D eigenvalue weighted by molar-refractivity contribution is 0.0695. The normalized spacial score (nSPS) is 10.7. The van der Waals surface area contributed by atoms with Crippen molar-refractivity contribution >= 4 is 33.5 Å². The second kappa shape index (κ2) is 4.85. The fraction of sp³-hybridized carbons (Fsp3) is 0.250. The maximum Gasteiger partial charge on any atom is 0.338 e. The Labute approximate surface area is 97.2 Å². The highest BCUT2D eigenvalue weighted by molar-refractivity contribution is 9.08. The second-order valence-corrected chi connectivity index (χ2v) is 3.53. The van der Waals surface area contributed by atoms with Crippen molar-refractivity contribution in [3.8, 4) is 0 Å². The predicted molar refractivity (Wildman–Crippen MR) is 53.8 cm³/mol. The standard InChI is InChI=1S/C8H5BrClF2NO2/c9-2-3-1-4(8(14)15)6(10)13-5(3)7(11)12/h1,7H,2H2,(H,14,15). The molecule has 0 amide bonds. The number of rotatable bonds is 3. The first-order valence-corrected chi connectivity index (χ1v) is 5.24. The van der Waals surface area contributed by atoms with Crippen LogP contribution in [0.2, 0.25) is 5.15 Å². The minimum Gasteiger partial charge on any atom is -0.478 e. The monoisotopic (exact) mass is 299 g/mol. The minimum atomic E-state index is -2.78. The van der Waals surface area contributed by atoms with Gasteiger partial charge in [0.25, 0.3) is 6.43 Å². The van der Waals surface area contributed by atoms with Gasteiger partial charge in [0.1, 0.15) is 10.8 Å². The Morgan fingerprint density at radius 2 is 2.27 bits per heavy atom. The van der Waals surface area contributed by atoms with E-state index in [9.17, 15) is 13.6 Å². The van der Waals surface area contributed by atoms with E-state index in [0.29, 0.717) is 0 Å². The number of halogens is 4. The Morgan fingerprint density at radius 1 is 1.67 bits per heavy atom. The van der Waals surface area contributed by atoms with Gasteiger partial charge >= 0.3 is 5.97 Å². The summed E-state index contributed by atoms with van der Waals surface area (Å²) in [6, 6.07) is 1.09. The Bertz CT molecular complexity index is 400. The zero-order valence-electron chi connectivity index (χ0n) is 7.18. The van der Waals surface area contributed by atoms with Crippen molar-refractivity contribution in [3.63, 3.8) is 0 Å². The molecule has 0 aliphatic carbocycles. The zero-order valence-corrected chi connectivity index (χ0v) is 9.52. The molecule has 0 radical (unpaired) electrons. The van der Waals surface area contributed by atoms with Crippen LogP contribution >= 0.6 is 27.5 Å². The number of hydrogen-bond donors (Lipinski definition) is 1. The van der Waals surface area contributed by atoms with Crippen molar-refractivity contribution < 1.29 is 18.7 Å². The first kappa shape index (κ1) is 12.3. The highest BCUT2D eigenvalue weighted by Gasteiger charge is 2.20. The van der Waals surface area contributed by atoms with Crippen molar-refractivity contribution in [2.75, 3.05) is 0 Å². The Morgan fingerprint density at radius 3 is 2.67 bits per heavy atom. The van der Waals surface area contributed by atoms with Gasteiger partial charge in [-0.05, 0) is 11.6 Å². The average molecular weight is 300 g/mol. The third-order valence-electron chi connectivity index (χ3n) is 1.67. The maximum atomic E-state index is 12.4. The number of aromatic nitrogens is 1. The van der Waals surface area contributed by atoms with Crippen LogP contribution in [0.4, 0.5) is 8.78 Å². The number of carboxylic acids is 1. The highest BCUT2D eigenvalue weighted by atomic mass is 79.9. The molecule has 1 aromatic heterocycles. The summed E-state index contributed by atoms with van der Waals surface area (Å²) in [7, 11) is 0. The fourth-order valence-electron chi connectivity index (χ4n) is 0.991. The molecule has 0 aromatic carbocycles. The van der Waals surface area contributed by atoms with Crippen molar-refractivity contribution in [1.29, 1.82) is 0 Å². The summed E-state index contributed by atoms with van der Waals surface area (Å²) in [4.78, 5) is 14.0. The molecular formula is C8H5BrClF2NO2. The van der Waals surface area contributed by atoms with Crippen LogP contribution in [0.3, 0.4) is 0 Å². The summed E-state index contributed by atoms with van der Waals surface area (Å²) in [6.07, 6.45) is -2.78. The minimum absolute atomic E-state index is 0.0944. The Balaban J connectivity index is 3.35. The van der Waals surface area contributed by atoms with Crippen molar-refractivity contribution in [2.45, 2.75) is 11.8 Å². The van der Waals surface area contributed by atoms with Gasteiger partial charge in [-0.2, -0.15) is 0 Å². The number of hydrogen-bond acceptors (Lipinski definition) is 2. The van der Waals surface area contributed by atoms with E-state index >= 15 is 0 Å². The van der Waals surface area contributed by atoms with Crippen LogP contribution in [0.15, 0.2) is 6.07 Å². The van der Waals surface area contributed by atoms with E-state index < -0.39 is 23.2 Å². The molecule has 0 bridgehead atoms. The molecule has 0 spiro atoms. The molecule has 1 rings (SSSR count). The summed E-state index contributed by atoms with van der Waals surface area (Å²) >= 11 is 8.43. The number of carbonyl (C=O) groups is 1. The zero-order chi connectivity index (χ0) is 11.6. The molecule has 7 heteroatoms. The lowest BCUT2D eigenvalue weighted by atomic mass is 10.1. The molecule has 0 atom stereocenters. The first-order chi connectivity index (χ1) is 6.97. The van der Waals surface area contributed by atoms with E-state index in [0.717, 1.165) is 6.07 Å². The Kier molecular flexibility index (Phi) is 3.98. The summed E-state index contributed by atoms with van der Waals surface area (Å²) in [5.74, 6) is -1.30. The van der Waals surface area contributed by atoms with Gasteiger partial charge in [-0.25, -0.2) is 18.6 Å². The van der Waals surface area contributed by atoms with Crippen molar-refractivity contribution in [1.82, 2.24) is 4.98 Å². The molecule has 0 saturated heterocycles. The van der Waals surface area contributed by atoms with E-state index in [-0.39, 0.29) is 16.5 Å². The summed E-state index contributed by atoms with van der Waals surface area (Å²) in [5.41, 5.74) is -0.663. The van der Waals surface area contributed by atoms with Gasteiger partial charge < -0.3 is 5.11 Å². The van der Waals surface area contributed by atoms with Gasteiger partial charge in [-0.3, -0.25) is 0 Å². The van der Waals surface area contributed by atoms with Gasteiger partial charge in [-0.15, -0.1) is 0 Å². The lowest BCUT2D eigenvalue weighted by Gasteiger charge is -2.07. The molecule has 1 N–H and O–H groups in total. The smallest absolute Gasteiger partial charge is 0.338 e.